The maximum absolute atomic E-state index is 3.65. The van der Waals surface area contributed by atoms with Crippen molar-refractivity contribution in [3.05, 3.63) is 0 Å². The Labute approximate surface area is 88.1 Å². The molecule has 0 radical (unpaired) electrons. The van der Waals surface area contributed by atoms with Crippen LogP contribution in [-0.4, -0.2) is 36.6 Å². The molecule has 2 heteroatoms. The Morgan fingerprint density at radius 3 is 2.57 bits per heavy atom. The molecule has 0 amide bonds. The lowest BCUT2D eigenvalue weighted by Gasteiger charge is -2.33. The molecule has 14 heavy (non-hydrogen) atoms. The van der Waals surface area contributed by atoms with E-state index in [4.69, 9.17) is 0 Å². The van der Waals surface area contributed by atoms with E-state index in [0.717, 1.165) is 6.04 Å². The topological polar surface area (TPSA) is 15.3 Å². The molecule has 0 aromatic carbocycles. The smallest absolute Gasteiger partial charge is 0.0280 e. The molecular weight excluding hydrogens is 172 g/mol. The molecule has 0 aromatic rings. The molecule has 1 unspecified atom stereocenters. The minimum atomic E-state index is 0.400. The van der Waals surface area contributed by atoms with Crippen LogP contribution in [0.1, 0.15) is 45.4 Å². The van der Waals surface area contributed by atoms with E-state index in [0.29, 0.717) is 5.54 Å². The fourth-order valence-corrected chi connectivity index (χ4v) is 3.12. The van der Waals surface area contributed by atoms with Crippen molar-refractivity contribution in [1.82, 2.24) is 10.2 Å². The van der Waals surface area contributed by atoms with Gasteiger partial charge in [-0.25, -0.2) is 0 Å². The summed E-state index contributed by atoms with van der Waals surface area (Å²) in [5, 5.41) is 3.65. The van der Waals surface area contributed by atoms with Gasteiger partial charge in [-0.2, -0.15) is 0 Å². The average molecular weight is 196 g/mol. The molecule has 0 aromatic heterocycles. The monoisotopic (exact) mass is 196 g/mol. The Morgan fingerprint density at radius 1 is 1.29 bits per heavy atom. The summed E-state index contributed by atoms with van der Waals surface area (Å²) >= 11 is 0. The molecule has 2 rings (SSSR count). The number of nitrogens with one attached hydrogen (secondary N) is 1. The molecular formula is C12H24N2. The van der Waals surface area contributed by atoms with E-state index in [-0.39, 0.29) is 0 Å². The maximum Gasteiger partial charge on any atom is 0.0280 e. The second-order valence-corrected chi connectivity index (χ2v) is 5.44. The first-order chi connectivity index (χ1) is 6.70. The molecule has 2 nitrogen and oxygen atoms in total. The van der Waals surface area contributed by atoms with Gasteiger partial charge in [0, 0.05) is 18.1 Å². The third-order valence-corrected chi connectivity index (χ3v) is 4.00. The van der Waals surface area contributed by atoms with Crippen LogP contribution < -0.4 is 5.32 Å². The molecule has 1 aliphatic carbocycles. The van der Waals surface area contributed by atoms with Crippen molar-refractivity contribution in [1.29, 1.82) is 0 Å². The molecule has 82 valence electrons. The SMILES string of the molecule is CN(CC1(C)CCCN1)C1CCCC1. The van der Waals surface area contributed by atoms with Crippen molar-refractivity contribution < 1.29 is 0 Å². The van der Waals surface area contributed by atoms with Crippen molar-refractivity contribution >= 4 is 0 Å². The third-order valence-electron chi connectivity index (χ3n) is 4.00. The first kappa shape index (κ1) is 10.4. The highest BCUT2D eigenvalue weighted by Gasteiger charge is 2.31. The minimum Gasteiger partial charge on any atom is -0.310 e. The standard InChI is InChI=1S/C12H24N2/c1-12(8-5-9-13-12)10-14(2)11-6-3-4-7-11/h11,13H,3-10H2,1-2H3. The minimum absolute atomic E-state index is 0.400. The van der Waals surface area contributed by atoms with E-state index in [2.05, 4.69) is 24.2 Å². The molecule has 1 saturated heterocycles. The van der Waals surface area contributed by atoms with Gasteiger partial charge in [-0.05, 0) is 46.2 Å². The first-order valence-corrected chi connectivity index (χ1v) is 6.15. The van der Waals surface area contributed by atoms with E-state index in [1.807, 2.05) is 0 Å². The summed E-state index contributed by atoms with van der Waals surface area (Å²) in [6, 6.07) is 0.870. The van der Waals surface area contributed by atoms with E-state index in [9.17, 15) is 0 Å². The highest BCUT2D eigenvalue weighted by molar-refractivity contribution is 4.92. The van der Waals surface area contributed by atoms with E-state index in [1.54, 1.807) is 0 Å². The van der Waals surface area contributed by atoms with Crippen LogP contribution in [0.15, 0.2) is 0 Å². The van der Waals surface area contributed by atoms with Gasteiger partial charge < -0.3 is 10.2 Å². The highest BCUT2D eigenvalue weighted by atomic mass is 15.2. The Balaban J connectivity index is 1.83. The van der Waals surface area contributed by atoms with Gasteiger partial charge in [-0.1, -0.05) is 12.8 Å². The Morgan fingerprint density at radius 2 is 2.00 bits per heavy atom. The molecule has 1 saturated carbocycles. The van der Waals surface area contributed by atoms with Crippen molar-refractivity contribution in [3.8, 4) is 0 Å². The molecule has 0 bridgehead atoms. The lowest BCUT2D eigenvalue weighted by Crippen LogP contribution is -2.48. The summed E-state index contributed by atoms with van der Waals surface area (Å²) in [6.45, 7) is 4.83. The lowest BCUT2D eigenvalue weighted by atomic mass is 9.99. The Hall–Kier alpha value is -0.0800. The molecule has 1 atom stereocenters. The molecule has 1 heterocycles. The summed E-state index contributed by atoms with van der Waals surface area (Å²) in [6.07, 6.45) is 8.44. The summed E-state index contributed by atoms with van der Waals surface area (Å²) in [7, 11) is 2.31. The van der Waals surface area contributed by atoms with E-state index < -0.39 is 0 Å². The van der Waals surface area contributed by atoms with Gasteiger partial charge in [0.2, 0.25) is 0 Å². The average Bonchev–Trinajstić information content (AvgIpc) is 2.74. The molecule has 1 aliphatic heterocycles. The molecule has 1 N–H and O–H groups in total. The number of hydrogen-bond acceptors (Lipinski definition) is 2. The zero-order chi connectivity index (χ0) is 10.0. The van der Waals surface area contributed by atoms with Crippen LogP contribution in [-0.2, 0) is 0 Å². The van der Waals surface area contributed by atoms with Crippen molar-refractivity contribution in [2.24, 2.45) is 0 Å². The predicted octanol–water partition coefficient (Wildman–Crippen LogP) is 2.00. The van der Waals surface area contributed by atoms with Crippen LogP contribution >= 0.6 is 0 Å². The quantitative estimate of drug-likeness (QED) is 0.743. The lowest BCUT2D eigenvalue weighted by molar-refractivity contribution is 0.185. The number of nitrogens with zero attached hydrogens (tertiary/aromatic N) is 1. The number of hydrogen-bond donors (Lipinski definition) is 1. The van der Waals surface area contributed by atoms with Gasteiger partial charge in [-0.3, -0.25) is 0 Å². The number of likely N-dealkylation sites (N-methyl/N-ethyl adjacent to an activating group) is 1. The maximum atomic E-state index is 3.65. The van der Waals surface area contributed by atoms with Crippen LogP contribution in [0.25, 0.3) is 0 Å². The first-order valence-electron chi connectivity index (χ1n) is 6.15. The second kappa shape index (κ2) is 4.19. The molecule has 0 spiro atoms. The normalized spacial score (nSPS) is 34.5. The summed E-state index contributed by atoms with van der Waals surface area (Å²) in [5.41, 5.74) is 0.400. The third kappa shape index (κ3) is 2.29. The molecule has 2 fully saturated rings. The fourth-order valence-electron chi connectivity index (χ4n) is 3.12. The number of rotatable bonds is 3. The largest absolute Gasteiger partial charge is 0.310 e. The van der Waals surface area contributed by atoms with Gasteiger partial charge in [0.05, 0.1) is 0 Å². The van der Waals surface area contributed by atoms with Crippen molar-refractivity contribution in [3.63, 3.8) is 0 Å². The summed E-state index contributed by atoms with van der Waals surface area (Å²) in [4.78, 5) is 2.59. The Kier molecular flexibility index (Phi) is 3.13. The zero-order valence-electron chi connectivity index (χ0n) is 9.68. The molecule has 2 aliphatic rings. The van der Waals surface area contributed by atoms with Gasteiger partial charge in [0.15, 0.2) is 0 Å². The second-order valence-electron chi connectivity index (χ2n) is 5.44. The Bertz CT molecular complexity index is 179. The van der Waals surface area contributed by atoms with Gasteiger partial charge in [-0.15, -0.1) is 0 Å². The van der Waals surface area contributed by atoms with Crippen LogP contribution in [0.3, 0.4) is 0 Å². The van der Waals surface area contributed by atoms with Crippen LogP contribution in [0, 0.1) is 0 Å². The van der Waals surface area contributed by atoms with Crippen molar-refractivity contribution in [2.45, 2.75) is 57.0 Å². The zero-order valence-corrected chi connectivity index (χ0v) is 9.68. The highest BCUT2D eigenvalue weighted by Crippen LogP contribution is 2.26. The van der Waals surface area contributed by atoms with E-state index >= 15 is 0 Å². The summed E-state index contributed by atoms with van der Waals surface area (Å²) < 4.78 is 0. The van der Waals surface area contributed by atoms with Crippen LogP contribution in [0.2, 0.25) is 0 Å². The van der Waals surface area contributed by atoms with Gasteiger partial charge in [0.25, 0.3) is 0 Å². The van der Waals surface area contributed by atoms with Crippen LogP contribution in [0.5, 0.6) is 0 Å². The van der Waals surface area contributed by atoms with Gasteiger partial charge in [0.1, 0.15) is 0 Å². The predicted molar refractivity (Wildman–Crippen MR) is 60.5 cm³/mol. The van der Waals surface area contributed by atoms with Gasteiger partial charge >= 0.3 is 0 Å². The fraction of sp³-hybridized carbons (Fsp3) is 1.00. The van der Waals surface area contributed by atoms with E-state index in [1.165, 1.54) is 51.6 Å². The van der Waals surface area contributed by atoms with Crippen LogP contribution in [0.4, 0.5) is 0 Å². The summed E-state index contributed by atoms with van der Waals surface area (Å²) in [5.74, 6) is 0. The van der Waals surface area contributed by atoms with Crippen molar-refractivity contribution in [2.75, 3.05) is 20.1 Å².